The largest absolute Gasteiger partial charge is 0.465 e. The molecule has 1 aliphatic heterocycles. The van der Waals surface area contributed by atoms with E-state index in [0.29, 0.717) is 11.4 Å². The molecule has 0 radical (unpaired) electrons. The maximum absolute atomic E-state index is 12.6. The van der Waals surface area contributed by atoms with Crippen molar-refractivity contribution < 1.29 is 19.1 Å². The van der Waals surface area contributed by atoms with Gasteiger partial charge in [-0.15, -0.1) is 0 Å². The first kappa shape index (κ1) is 18.7. The molecule has 0 aromatic heterocycles. The number of rotatable bonds is 4. The molecule has 0 unspecified atom stereocenters. The zero-order valence-electron chi connectivity index (χ0n) is 15.4. The number of nitrogens with zero attached hydrogens (tertiary/aromatic N) is 2. The fraction of sp³-hybridized carbons (Fsp3) is 0.421. The second-order valence-electron chi connectivity index (χ2n) is 6.36. The van der Waals surface area contributed by atoms with Gasteiger partial charge in [0, 0.05) is 6.08 Å². The van der Waals surface area contributed by atoms with Crippen molar-refractivity contribution in [3.05, 3.63) is 34.9 Å². The number of esters is 1. The predicted octanol–water partition coefficient (Wildman–Crippen LogP) is 2.51. The Hall–Kier alpha value is -2.63. The van der Waals surface area contributed by atoms with Crippen LogP contribution in [0, 0.1) is 13.8 Å². The van der Waals surface area contributed by atoms with Crippen molar-refractivity contribution in [1.29, 1.82) is 0 Å². The minimum absolute atomic E-state index is 0.0997. The molecule has 6 heteroatoms. The lowest BCUT2D eigenvalue weighted by atomic mass is 10.0. The highest BCUT2D eigenvalue weighted by molar-refractivity contribution is 6.15. The number of ether oxygens (including phenoxy) is 1. The molecule has 1 aliphatic rings. The van der Waals surface area contributed by atoms with Crippen molar-refractivity contribution in [3.63, 3.8) is 0 Å². The van der Waals surface area contributed by atoms with Gasteiger partial charge in [0.25, 0.3) is 5.91 Å². The molecule has 0 saturated carbocycles. The number of anilines is 2. The molecule has 1 aromatic rings. The first-order valence-electron chi connectivity index (χ1n) is 8.28. The molecule has 134 valence electrons. The molecule has 0 bridgehead atoms. The lowest BCUT2D eigenvalue weighted by molar-refractivity contribution is -0.142. The van der Waals surface area contributed by atoms with E-state index in [-0.39, 0.29) is 31.5 Å². The van der Waals surface area contributed by atoms with Crippen molar-refractivity contribution in [3.8, 4) is 0 Å². The van der Waals surface area contributed by atoms with Crippen molar-refractivity contribution in [1.82, 2.24) is 0 Å². The molecule has 0 atom stereocenters. The maximum Gasteiger partial charge on any atom is 0.326 e. The lowest BCUT2D eigenvalue weighted by Crippen LogP contribution is -2.49. The Kier molecular flexibility index (Phi) is 5.62. The Balaban J connectivity index is 2.50. The number of benzene rings is 1. The Bertz CT molecular complexity index is 748. The van der Waals surface area contributed by atoms with Crippen LogP contribution in [0.5, 0.6) is 0 Å². The summed E-state index contributed by atoms with van der Waals surface area (Å²) in [6.45, 7) is 9.26. The van der Waals surface area contributed by atoms with Crippen LogP contribution in [-0.2, 0) is 19.1 Å². The van der Waals surface area contributed by atoms with E-state index >= 15 is 0 Å². The molecule has 0 spiro atoms. The standard InChI is InChI=1S/C19H24N2O4/c1-6-25-19(24)11-21-16-9-14(5)13(4)8-15(16)20(10-18(21)23)17(22)7-12(2)3/h7-9H,6,10-11H2,1-5H3. The summed E-state index contributed by atoms with van der Waals surface area (Å²) in [6.07, 6.45) is 1.51. The second-order valence-corrected chi connectivity index (χ2v) is 6.36. The Morgan fingerprint density at radius 2 is 1.76 bits per heavy atom. The minimum atomic E-state index is -0.468. The molecule has 0 saturated heterocycles. The third-order valence-corrected chi connectivity index (χ3v) is 4.04. The highest BCUT2D eigenvalue weighted by atomic mass is 16.5. The minimum Gasteiger partial charge on any atom is -0.465 e. The first-order chi connectivity index (χ1) is 11.7. The highest BCUT2D eigenvalue weighted by Crippen LogP contribution is 2.36. The normalized spacial score (nSPS) is 13.4. The molecule has 0 aliphatic carbocycles. The smallest absolute Gasteiger partial charge is 0.326 e. The van der Waals surface area contributed by atoms with E-state index in [1.54, 1.807) is 6.92 Å². The van der Waals surface area contributed by atoms with Crippen molar-refractivity contribution in [2.24, 2.45) is 0 Å². The van der Waals surface area contributed by atoms with Gasteiger partial charge in [0.2, 0.25) is 5.91 Å². The van der Waals surface area contributed by atoms with E-state index in [2.05, 4.69) is 0 Å². The summed E-state index contributed by atoms with van der Waals surface area (Å²) in [7, 11) is 0. The molecule has 2 rings (SSSR count). The van der Waals surface area contributed by atoms with Gasteiger partial charge in [-0.1, -0.05) is 5.57 Å². The van der Waals surface area contributed by atoms with Gasteiger partial charge in [-0.05, 0) is 57.9 Å². The van der Waals surface area contributed by atoms with Crippen LogP contribution >= 0.6 is 0 Å². The fourth-order valence-corrected chi connectivity index (χ4v) is 2.69. The SMILES string of the molecule is CCOC(=O)CN1C(=O)CN(C(=O)C=C(C)C)c2cc(C)c(C)cc21. The zero-order valence-corrected chi connectivity index (χ0v) is 15.4. The van der Waals surface area contributed by atoms with Crippen LogP contribution in [0.1, 0.15) is 31.9 Å². The number of carbonyl (C=O) groups excluding carboxylic acids is 3. The van der Waals surface area contributed by atoms with Crippen LogP contribution < -0.4 is 9.80 Å². The fourth-order valence-electron chi connectivity index (χ4n) is 2.69. The van der Waals surface area contributed by atoms with Gasteiger partial charge in [0.05, 0.1) is 18.0 Å². The van der Waals surface area contributed by atoms with Gasteiger partial charge in [-0.3, -0.25) is 24.2 Å². The number of hydrogen-bond acceptors (Lipinski definition) is 4. The molecule has 1 aromatic carbocycles. The summed E-state index contributed by atoms with van der Waals surface area (Å²) >= 11 is 0. The van der Waals surface area contributed by atoms with E-state index in [1.807, 2.05) is 39.8 Å². The first-order valence-corrected chi connectivity index (χ1v) is 8.28. The summed E-state index contributed by atoms with van der Waals surface area (Å²) in [5.41, 5.74) is 4.05. The Labute approximate surface area is 148 Å². The summed E-state index contributed by atoms with van der Waals surface area (Å²) in [6, 6.07) is 3.72. The lowest BCUT2D eigenvalue weighted by Gasteiger charge is -2.36. The monoisotopic (exact) mass is 344 g/mol. The molecule has 25 heavy (non-hydrogen) atoms. The third kappa shape index (κ3) is 4.07. The van der Waals surface area contributed by atoms with Crippen molar-refractivity contribution in [2.75, 3.05) is 29.5 Å². The van der Waals surface area contributed by atoms with E-state index in [0.717, 1.165) is 16.7 Å². The number of fused-ring (bicyclic) bond motifs is 1. The Morgan fingerprint density at radius 1 is 1.16 bits per heavy atom. The van der Waals surface area contributed by atoms with Crippen LogP contribution in [-0.4, -0.2) is 37.5 Å². The molecular weight excluding hydrogens is 320 g/mol. The highest BCUT2D eigenvalue weighted by Gasteiger charge is 2.33. The van der Waals surface area contributed by atoms with Gasteiger partial charge in [0.15, 0.2) is 0 Å². The molecule has 0 N–H and O–H groups in total. The zero-order chi connectivity index (χ0) is 18.7. The van der Waals surface area contributed by atoms with E-state index in [1.165, 1.54) is 15.9 Å². The van der Waals surface area contributed by atoms with Crippen LogP contribution in [0.3, 0.4) is 0 Å². The van der Waals surface area contributed by atoms with Gasteiger partial charge < -0.3 is 4.74 Å². The van der Waals surface area contributed by atoms with E-state index < -0.39 is 5.97 Å². The number of carbonyl (C=O) groups is 3. The predicted molar refractivity (Wildman–Crippen MR) is 96.7 cm³/mol. The van der Waals surface area contributed by atoms with Crippen LogP contribution in [0.15, 0.2) is 23.8 Å². The number of amides is 2. The van der Waals surface area contributed by atoms with Crippen LogP contribution in [0.25, 0.3) is 0 Å². The summed E-state index contributed by atoms with van der Waals surface area (Å²) < 4.78 is 4.97. The third-order valence-electron chi connectivity index (χ3n) is 4.04. The number of allylic oxidation sites excluding steroid dienone is 1. The van der Waals surface area contributed by atoms with Gasteiger partial charge >= 0.3 is 5.97 Å². The number of hydrogen-bond donors (Lipinski definition) is 0. The molecule has 2 amide bonds. The molecule has 6 nitrogen and oxygen atoms in total. The Morgan fingerprint density at radius 3 is 2.32 bits per heavy atom. The maximum atomic E-state index is 12.6. The topological polar surface area (TPSA) is 66.9 Å². The quantitative estimate of drug-likeness (QED) is 0.622. The van der Waals surface area contributed by atoms with Crippen LogP contribution in [0.2, 0.25) is 0 Å². The molecule has 1 heterocycles. The van der Waals surface area contributed by atoms with Crippen molar-refractivity contribution >= 4 is 29.2 Å². The van der Waals surface area contributed by atoms with Gasteiger partial charge in [-0.2, -0.15) is 0 Å². The average molecular weight is 344 g/mol. The van der Waals surface area contributed by atoms with Crippen LogP contribution in [0.4, 0.5) is 11.4 Å². The number of aryl methyl sites for hydroxylation is 2. The van der Waals surface area contributed by atoms with Crippen molar-refractivity contribution in [2.45, 2.75) is 34.6 Å². The molecule has 0 fully saturated rings. The molecular formula is C19H24N2O4. The summed E-state index contributed by atoms with van der Waals surface area (Å²) in [4.78, 5) is 39.9. The van der Waals surface area contributed by atoms with Gasteiger partial charge in [0.1, 0.15) is 13.1 Å². The summed E-state index contributed by atoms with van der Waals surface area (Å²) in [5, 5.41) is 0. The van der Waals surface area contributed by atoms with E-state index in [9.17, 15) is 14.4 Å². The van der Waals surface area contributed by atoms with Gasteiger partial charge in [-0.25, -0.2) is 0 Å². The summed E-state index contributed by atoms with van der Waals surface area (Å²) in [5.74, 6) is -1.02. The van der Waals surface area contributed by atoms with E-state index in [4.69, 9.17) is 4.74 Å². The average Bonchev–Trinajstić information content (AvgIpc) is 2.51. The second kappa shape index (κ2) is 7.51.